The summed E-state index contributed by atoms with van der Waals surface area (Å²) in [6, 6.07) is 13.5. The van der Waals surface area contributed by atoms with Crippen LogP contribution in [0.1, 0.15) is 11.1 Å². The topological polar surface area (TPSA) is 78.5 Å². The lowest BCUT2D eigenvalue weighted by atomic mass is 10.2. The summed E-state index contributed by atoms with van der Waals surface area (Å²) in [5, 5.41) is 5.76. The van der Waals surface area contributed by atoms with Gasteiger partial charge in [0.05, 0.1) is 0 Å². The number of urea groups is 1. The van der Waals surface area contributed by atoms with E-state index >= 15 is 0 Å². The summed E-state index contributed by atoms with van der Waals surface area (Å²) >= 11 is 5.83. The van der Waals surface area contributed by atoms with E-state index in [1.807, 2.05) is 19.1 Å². The molecule has 2 aromatic carbocycles. The van der Waals surface area contributed by atoms with Gasteiger partial charge < -0.3 is 10.6 Å². The molecule has 132 valence electrons. The van der Waals surface area contributed by atoms with Gasteiger partial charge in [-0.05, 0) is 42.3 Å². The van der Waals surface area contributed by atoms with Crippen LogP contribution >= 0.6 is 11.6 Å². The third-order valence-electron chi connectivity index (χ3n) is 3.86. The second kappa shape index (κ2) is 7.41. The second-order valence-corrected chi connectivity index (χ2v) is 6.23. The molecule has 6 nitrogen and oxygen atoms in total. The normalized spacial score (nSPS) is 15.3. The molecule has 1 aliphatic rings. The maximum absolute atomic E-state index is 12.4. The molecule has 0 aromatic heterocycles. The van der Waals surface area contributed by atoms with Gasteiger partial charge in [0, 0.05) is 10.7 Å². The van der Waals surface area contributed by atoms with Gasteiger partial charge >= 0.3 is 6.03 Å². The molecule has 2 aromatic rings. The van der Waals surface area contributed by atoms with Crippen molar-refractivity contribution in [2.24, 2.45) is 0 Å². The first-order valence-electron chi connectivity index (χ1n) is 7.89. The first-order valence-corrected chi connectivity index (χ1v) is 8.27. The van der Waals surface area contributed by atoms with Gasteiger partial charge in [0.2, 0.25) is 5.91 Å². The molecule has 0 spiro atoms. The van der Waals surface area contributed by atoms with E-state index in [-0.39, 0.29) is 12.2 Å². The van der Waals surface area contributed by atoms with Crippen molar-refractivity contribution in [2.75, 3.05) is 11.9 Å². The number of anilines is 1. The SMILES string of the molecule is Cc1ccccc1NC(=O)CN1C(=O)N/C(=C\c2ccc(Cl)cc2)C1=O. The van der Waals surface area contributed by atoms with Gasteiger partial charge in [-0.15, -0.1) is 0 Å². The lowest BCUT2D eigenvalue weighted by Gasteiger charge is -2.13. The van der Waals surface area contributed by atoms with Crippen molar-refractivity contribution in [3.63, 3.8) is 0 Å². The Labute approximate surface area is 155 Å². The van der Waals surface area contributed by atoms with Gasteiger partial charge in [0.25, 0.3) is 5.91 Å². The molecule has 7 heteroatoms. The van der Waals surface area contributed by atoms with Gasteiger partial charge in [0.15, 0.2) is 0 Å². The largest absolute Gasteiger partial charge is 0.329 e. The minimum atomic E-state index is -0.629. The summed E-state index contributed by atoms with van der Waals surface area (Å²) in [7, 11) is 0. The van der Waals surface area contributed by atoms with Crippen molar-refractivity contribution in [1.82, 2.24) is 10.2 Å². The van der Waals surface area contributed by atoms with Crippen LogP contribution in [0.4, 0.5) is 10.5 Å². The zero-order chi connectivity index (χ0) is 18.7. The van der Waals surface area contributed by atoms with Gasteiger partial charge in [-0.1, -0.05) is 41.9 Å². The maximum atomic E-state index is 12.4. The van der Waals surface area contributed by atoms with Crippen molar-refractivity contribution >= 4 is 41.2 Å². The molecular weight excluding hydrogens is 354 g/mol. The number of rotatable bonds is 4. The molecule has 4 amide bonds. The predicted molar refractivity (Wildman–Crippen MR) is 99.5 cm³/mol. The molecule has 1 saturated heterocycles. The number of carbonyl (C=O) groups is 3. The Morgan fingerprint density at radius 3 is 2.54 bits per heavy atom. The Morgan fingerprint density at radius 2 is 1.85 bits per heavy atom. The third-order valence-corrected chi connectivity index (χ3v) is 4.12. The van der Waals surface area contributed by atoms with Crippen LogP contribution in [0.2, 0.25) is 5.02 Å². The van der Waals surface area contributed by atoms with Crippen molar-refractivity contribution in [2.45, 2.75) is 6.92 Å². The number of nitrogens with zero attached hydrogens (tertiary/aromatic N) is 1. The van der Waals surface area contributed by atoms with E-state index in [1.165, 1.54) is 6.08 Å². The first kappa shape index (κ1) is 17.7. The zero-order valence-electron chi connectivity index (χ0n) is 14.0. The molecule has 0 aliphatic carbocycles. The number of para-hydroxylation sites is 1. The van der Waals surface area contributed by atoms with Crippen LogP contribution in [0.15, 0.2) is 54.2 Å². The Kier molecular flexibility index (Phi) is 5.04. The Bertz CT molecular complexity index is 907. The predicted octanol–water partition coefficient (Wildman–Crippen LogP) is 3.18. The quantitative estimate of drug-likeness (QED) is 0.641. The van der Waals surface area contributed by atoms with Crippen molar-refractivity contribution < 1.29 is 14.4 Å². The summed E-state index contributed by atoms with van der Waals surface area (Å²) in [4.78, 5) is 37.5. The summed E-state index contributed by atoms with van der Waals surface area (Å²) in [6.45, 7) is 1.49. The fourth-order valence-electron chi connectivity index (χ4n) is 2.49. The van der Waals surface area contributed by atoms with Crippen molar-refractivity contribution in [1.29, 1.82) is 0 Å². The highest BCUT2D eigenvalue weighted by Gasteiger charge is 2.34. The van der Waals surface area contributed by atoms with E-state index in [4.69, 9.17) is 11.6 Å². The van der Waals surface area contributed by atoms with Gasteiger partial charge in [-0.2, -0.15) is 0 Å². The lowest BCUT2D eigenvalue weighted by molar-refractivity contribution is -0.127. The number of hydrogen-bond donors (Lipinski definition) is 2. The Morgan fingerprint density at radius 1 is 1.15 bits per heavy atom. The highest BCUT2D eigenvalue weighted by atomic mass is 35.5. The molecule has 1 aliphatic heterocycles. The Balaban J connectivity index is 1.70. The number of nitrogens with one attached hydrogen (secondary N) is 2. The number of amides is 4. The van der Waals surface area contributed by atoms with Gasteiger partial charge in [0.1, 0.15) is 12.2 Å². The van der Waals surface area contributed by atoms with Crippen molar-refractivity contribution in [3.8, 4) is 0 Å². The van der Waals surface area contributed by atoms with Crippen LogP contribution in [0.25, 0.3) is 6.08 Å². The van der Waals surface area contributed by atoms with Crippen LogP contribution in [0.5, 0.6) is 0 Å². The summed E-state index contributed by atoms with van der Waals surface area (Å²) < 4.78 is 0. The second-order valence-electron chi connectivity index (χ2n) is 5.79. The summed E-state index contributed by atoms with van der Waals surface area (Å²) in [6.07, 6.45) is 1.54. The van der Waals surface area contributed by atoms with E-state index in [0.717, 1.165) is 10.5 Å². The number of halogens is 1. The highest BCUT2D eigenvalue weighted by Crippen LogP contribution is 2.17. The molecule has 1 heterocycles. The number of aryl methyl sites for hydroxylation is 1. The van der Waals surface area contributed by atoms with Crippen molar-refractivity contribution in [3.05, 3.63) is 70.4 Å². The number of hydrogen-bond acceptors (Lipinski definition) is 3. The van der Waals surface area contributed by atoms with Crippen LogP contribution in [-0.4, -0.2) is 29.3 Å². The molecule has 0 saturated carbocycles. The third kappa shape index (κ3) is 3.92. The minimum absolute atomic E-state index is 0.112. The molecule has 3 rings (SSSR count). The number of carbonyl (C=O) groups excluding carboxylic acids is 3. The molecule has 2 N–H and O–H groups in total. The molecule has 0 unspecified atom stereocenters. The number of imide groups is 1. The highest BCUT2D eigenvalue weighted by molar-refractivity contribution is 6.30. The van der Waals surface area contributed by atoms with E-state index in [9.17, 15) is 14.4 Å². The monoisotopic (exact) mass is 369 g/mol. The van der Waals surface area contributed by atoms with Gasteiger partial charge in [-0.25, -0.2) is 9.69 Å². The van der Waals surface area contributed by atoms with Crippen LogP contribution in [0, 0.1) is 6.92 Å². The van der Waals surface area contributed by atoms with Crippen LogP contribution in [-0.2, 0) is 9.59 Å². The Hall–Kier alpha value is -3.12. The van der Waals surface area contributed by atoms with Crippen LogP contribution in [0.3, 0.4) is 0 Å². The zero-order valence-corrected chi connectivity index (χ0v) is 14.7. The molecule has 26 heavy (non-hydrogen) atoms. The minimum Gasteiger partial charge on any atom is -0.324 e. The molecule has 0 radical (unpaired) electrons. The van der Waals surface area contributed by atoms with E-state index < -0.39 is 17.8 Å². The maximum Gasteiger partial charge on any atom is 0.329 e. The molecule has 0 atom stereocenters. The molecule has 0 bridgehead atoms. The average Bonchev–Trinajstić information content (AvgIpc) is 2.86. The lowest BCUT2D eigenvalue weighted by Crippen LogP contribution is -2.38. The van der Waals surface area contributed by atoms with E-state index in [1.54, 1.807) is 36.4 Å². The summed E-state index contributed by atoms with van der Waals surface area (Å²) in [5.74, 6) is -1.000. The average molecular weight is 370 g/mol. The fraction of sp³-hybridized carbons (Fsp3) is 0.105. The smallest absolute Gasteiger partial charge is 0.324 e. The van der Waals surface area contributed by atoms with E-state index in [0.29, 0.717) is 16.3 Å². The summed E-state index contributed by atoms with van der Waals surface area (Å²) in [5.41, 5.74) is 2.35. The van der Waals surface area contributed by atoms with E-state index in [2.05, 4.69) is 10.6 Å². The van der Waals surface area contributed by atoms with Gasteiger partial charge in [-0.3, -0.25) is 9.59 Å². The number of benzene rings is 2. The molecule has 1 fully saturated rings. The first-order chi connectivity index (χ1) is 12.4. The fourth-order valence-corrected chi connectivity index (χ4v) is 2.61. The van der Waals surface area contributed by atoms with Crippen LogP contribution < -0.4 is 10.6 Å². The molecular formula is C19H16ClN3O3. The standard InChI is InChI=1S/C19H16ClN3O3/c1-12-4-2-3-5-15(12)21-17(24)11-23-18(25)16(22-19(23)26)10-13-6-8-14(20)9-7-13/h2-10H,11H2,1H3,(H,21,24)(H,22,26)/b16-10-.